The molecule has 0 aliphatic heterocycles. The van der Waals surface area contributed by atoms with Crippen LogP contribution in [0.2, 0.25) is 0 Å². The summed E-state index contributed by atoms with van der Waals surface area (Å²) >= 11 is 0. The van der Waals surface area contributed by atoms with Crippen molar-refractivity contribution in [1.82, 2.24) is 0 Å². The molecule has 0 radical (unpaired) electrons. The maximum Gasteiger partial charge on any atom is 3.00 e. The molecule has 1 rings (SSSR count). The van der Waals surface area contributed by atoms with E-state index in [9.17, 15) is 39.5 Å². The van der Waals surface area contributed by atoms with Gasteiger partial charge in [0.1, 0.15) is 0 Å². The van der Waals surface area contributed by atoms with Crippen molar-refractivity contribution < 1.29 is 111 Å². The van der Waals surface area contributed by atoms with Crippen molar-refractivity contribution in [1.29, 1.82) is 0 Å². The molecule has 0 N–H and O–H groups in total. The Kier molecular flexibility index (Phi) is 16.9. The molecule has 0 saturated heterocycles. The number of aryl methyl sites for hydroxylation is 1. The predicted octanol–water partition coefficient (Wildman–Crippen LogP) is 2.15. The van der Waals surface area contributed by atoms with Gasteiger partial charge in [0, 0.05) is 0 Å². The maximum atomic E-state index is 10.7. The summed E-state index contributed by atoms with van der Waals surface area (Å²) < 4.78 is 177. The summed E-state index contributed by atoms with van der Waals surface area (Å²) in [6.07, 6.45) is 0. The summed E-state index contributed by atoms with van der Waals surface area (Å²) in [7, 11) is -18.3. The molecule has 22 heteroatoms. The number of hydrogen-bond donors (Lipinski definition) is 0. The molecule has 0 unspecified atom stereocenters. The standard InChI is InChI=1S/C7H8.3CHF3O3S.Y/c1-7-5-3-2-4-6-7;3*2-1(3,4)8(5,6)7;/h2-6H,1H3;3*(H,5,6,7);/q;;;;+3/p-3. The van der Waals surface area contributed by atoms with E-state index in [0.717, 1.165) is 0 Å². The zero-order chi connectivity index (χ0) is 26.1. The normalized spacial score (nSPS) is 12.4. The minimum absolute atomic E-state index is 0. The van der Waals surface area contributed by atoms with Gasteiger partial charge in [0.05, 0.1) is 0 Å². The molecule has 32 heavy (non-hydrogen) atoms. The second-order valence-electron chi connectivity index (χ2n) is 4.35. The molecule has 0 atom stereocenters. The molecular formula is C10H8F9O9S3Y. The summed E-state index contributed by atoms with van der Waals surface area (Å²) in [5, 5.41) is 0. The third-order valence-electron chi connectivity index (χ3n) is 1.79. The van der Waals surface area contributed by atoms with Crippen molar-refractivity contribution in [3.63, 3.8) is 0 Å². The van der Waals surface area contributed by atoms with Crippen LogP contribution in [-0.2, 0) is 63.1 Å². The van der Waals surface area contributed by atoms with Crippen LogP contribution in [0, 0.1) is 6.92 Å². The first kappa shape index (κ1) is 38.7. The van der Waals surface area contributed by atoms with E-state index in [0.29, 0.717) is 0 Å². The monoisotopic (exact) mass is 628 g/mol. The van der Waals surface area contributed by atoms with Crippen LogP contribution in [0.1, 0.15) is 5.56 Å². The molecule has 1 aromatic rings. The van der Waals surface area contributed by atoms with Crippen LogP contribution >= 0.6 is 0 Å². The molecule has 0 spiro atoms. The summed E-state index contributed by atoms with van der Waals surface area (Å²) in [6.45, 7) is 2.08. The third kappa shape index (κ3) is 20.1. The van der Waals surface area contributed by atoms with Crippen LogP contribution in [0.25, 0.3) is 0 Å². The average molecular weight is 628 g/mol. The van der Waals surface area contributed by atoms with E-state index in [4.69, 9.17) is 38.9 Å². The fourth-order valence-electron chi connectivity index (χ4n) is 0.534. The van der Waals surface area contributed by atoms with Gasteiger partial charge in [0.25, 0.3) is 0 Å². The summed E-state index contributed by atoms with van der Waals surface area (Å²) in [4.78, 5) is 0. The van der Waals surface area contributed by atoms with Gasteiger partial charge < -0.3 is 13.7 Å². The maximum absolute atomic E-state index is 10.7. The van der Waals surface area contributed by atoms with Gasteiger partial charge in [-0.1, -0.05) is 35.9 Å². The summed E-state index contributed by atoms with van der Waals surface area (Å²) in [5.41, 5.74) is -15.6. The van der Waals surface area contributed by atoms with E-state index in [1.807, 2.05) is 18.2 Å². The number of alkyl halides is 9. The Morgan fingerprint density at radius 2 is 0.719 bits per heavy atom. The van der Waals surface area contributed by atoms with E-state index in [2.05, 4.69) is 19.1 Å². The molecule has 0 aromatic heterocycles. The Morgan fingerprint density at radius 1 is 0.562 bits per heavy atom. The fraction of sp³-hybridized carbons (Fsp3) is 0.400. The second-order valence-corrected chi connectivity index (χ2v) is 8.47. The van der Waals surface area contributed by atoms with Gasteiger partial charge in [-0.05, 0) is 6.92 Å². The van der Waals surface area contributed by atoms with Crippen molar-refractivity contribution in [2.45, 2.75) is 23.4 Å². The van der Waals surface area contributed by atoms with E-state index in [-0.39, 0.29) is 32.7 Å². The zero-order valence-corrected chi connectivity index (χ0v) is 20.1. The van der Waals surface area contributed by atoms with Gasteiger partial charge in [-0.25, -0.2) is 25.3 Å². The first-order valence-electron chi connectivity index (χ1n) is 6.22. The Labute approximate surface area is 200 Å². The van der Waals surface area contributed by atoms with E-state index in [1.54, 1.807) is 0 Å². The fourth-order valence-corrected chi connectivity index (χ4v) is 0.534. The van der Waals surface area contributed by atoms with Gasteiger partial charge in [0.2, 0.25) is 0 Å². The van der Waals surface area contributed by atoms with Gasteiger partial charge in [-0.3, -0.25) is 0 Å². The van der Waals surface area contributed by atoms with Crippen LogP contribution in [0.5, 0.6) is 0 Å². The van der Waals surface area contributed by atoms with Crippen LogP contribution in [0.15, 0.2) is 30.3 Å². The number of rotatable bonds is 0. The molecule has 0 bridgehead atoms. The Balaban J connectivity index is -0.000000162. The molecule has 0 fully saturated rings. The average Bonchev–Trinajstić information content (AvgIpc) is 2.43. The molecule has 0 amide bonds. The van der Waals surface area contributed by atoms with Gasteiger partial charge in [-0.2, -0.15) is 39.5 Å². The number of hydrogen-bond acceptors (Lipinski definition) is 9. The zero-order valence-electron chi connectivity index (χ0n) is 14.8. The van der Waals surface area contributed by atoms with Crippen molar-refractivity contribution in [3.05, 3.63) is 35.9 Å². The van der Waals surface area contributed by atoms with Gasteiger partial charge >= 0.3 is 49.2 Å². The first-order chi connectivity index (χ1) is 13.1. The van der Waals surface area contributed by atoms with Crippen LogP contribution in [0.3, 0.4) is 0 Å². The Morgan fingerprint density at radius 3 is 0.781 bits per heavy atom. The molecule has 0 aliphatic rings. The topological polar surface area (TPSA) is 172 Å². The van der Waals surface area contributed by atoms with Crippen LogP contribution in [-0.4, -0.2) is 55.4 Å². The minimum Gasteiger partial charge on any atom is -0.741 e. The van der Waals surface area contributed by atoms with E-state index >= 15 is 0 Å². The Bertz CT molecular complexity index is 869. The van der Waals surface area contributed by atoms with Crippen molar-refractivity contribution >= 4 is 30.4 Å². The van der Waals surface area contributed by atoms with Crippen LogP contribution in [0.4, 0.5) is 39.5 Å². The van der Waals surface area contributed by atoms with Gasteiger partial charge in [-0.15, -0.1) is 0 Å². The van der Waals surface area contributed by atoms with Crippen LogP contribution < -0.4 is 0 Å². The van der Waals surface area contributed by atoms with Gasteiger partial charge in [0.15, 0.2) is 30.4 Å². The van der Waals surface area contributed by atoms with E-state index < -0.39 is 46.9 Å². The molecule has 0 heterocycles. The second kappa shape index (κ2) is 14.0. The summed E-state index contributed by atoms with van der Waals surface area (Å²) in [6, 6.07) is 10.3. The molecule has 0 aliphatic carbocycles. The van der Waals surface area contributed by atoms with E-state index in [1.165, 1.54) is 5.56 Å². The molecule has 0 saturated carbocycles. The molecule has 9 nitrogen and oxygen atoms in total. The minimum atomic E-state index is -6.09. The van der Waals surface area contributed by atoms with Crippen molar-refractivity contribution in [2.75, 3.05) is 0 Å². The molecule has 186 valence electrons. The Hall–Kier alpha value is -0.576. The number of halogens is 9. The predicted molar refractivity (Wildman–Crippen MR) is 78.4 cm³/mol. The quantitative estimate of drug-likeness (QED) is 0.237. The largest absolute Gasteiger partial charge is 3.00 e. The summed E-state index contributed by atoms with van der Waals surface area (Å²) in [5.74, 6) is 0. The third-order valence-corrected chi connectivity index (χ3v) is 3.49. The first-order valence-corrected chi connectivity index (χ1v) is 10.4. The number of benzene rings is 1. The molecular weight excluding hydrogens is 620 g/mol. The van der Waals surface area contributed by atoms with Crippen molar-refractivity contribution in [3.8, 4) is 0 Å². The smallest absolute Gasteiger partial charge is 0.741 e. The SMILES string of the molecule is Cc1ccccc1.O=S(=O)([O-])C(F)(F)F.O=S(=O)([O-])C(F)(F)F.O=S(=O)([O-])C(F)(F)F.[Y+3]. The van der Waals surface area contributed by atoms with Crippen molar-refractivity contribution in [2.24, 2.45) is 0 Å². The molecule has 1 aromatic carbocycles.